The molecule has 27 heavy (non-hydrogen) atoms. The zero-order chi connectivity index (χ0) is 18.8. The van der Waals surface area contributed by atoms with Crippen LogP contribution in [0.4, 0.5) is 0 Å². The first-order valence-corrected chi connectivity index (χ1v) is 9.20. The number of nitrogens with zero attached hydrogens (tertiary/aromatic N) is 3. The fourth-order valence-corrected chi connectivity index (χ4v) is 2.77. The van der Waals surface area contributed by atoms with E-state index < -0.39 is 0 Å². The third-order valence-electron chi connectivity index (χ3n) is 3.90. The molecule has 4 N–H and O–H groups in total. The Balaban J connectivity index is 0.00000364. The van der Waals surface area contributed by atoms with Crippen molar-refractivity contribution in [2.45, 2.75) is 40.2 Å². The van der Waals surface area contributed by atoms with Gasteiger partial charge in [0.15, 0.2) is 11.7 Å². The third kappa shape index (κ3) is 8.29. The first-order chi connectivity index (χ1) is 12.6. The molecule has 0 spiro atoms. The van der Waals surface area contributed by atoms with Crippen LogP contribution in [0.1, 0.15) is 39.4 Å². The molecule has 2 rings (SSSR count). The standard InChI is InChI=1S/C18H30N6O2.HI/c1-4-19-18(20-11-14(7-8-25)10-13(2)3)21-12-16-22-17(24-23-16)15-6-5-9-26-15;/h5-6,9,13-14,25H,4,7-8,10-12H2,1-3H3,(H2,19,20,21)(H,22,23,24);1H. The lowest BCUT2D eigenvalue weighted by Crippen LogP contribution is -2.40. The summed E-state index contributed by atoms with van der Waals surface area (Å²) in [6, 6.07) is 3.62. The molecule has 0 radical (unpaired) electrons. The minimum absolute atomic E-state index is 0. The van der Waals surface area contributed by atoms with E-state index in [1.807, 2.05) is 13.0 Å². The molecule has 0 fully saturated rings. The maximum atomic E-state index is 9.25. The van der Waals surface area contributed by atoms with Crippen LogP contribution in [0.25, 0.3) is 11.6 Å². The van der Waals surface area contributed by atoms with Crippen molar-refractivity contribution in [2.75, 3.05) is 19.7 Å². The molecule has 0 bridgehead atoms. The van der Waals surface area contributed by atoms with Crippen LogP contribution in [-0.4, -0.2) is 45.9 Å². The smallest absolute Gasteiger partial charge is 0.216 e. The van der Waals surface area contributed by atoms with Gasteiger partial charge in [-0.25, -0.2) is 9.98 Å². The summed E-state index contributed by atoms with van der Waals surface area (Å²) in [7, 11) is 0. The van der Waals surface area contributed by atoms with Gasteiger partial charge in [0.2, 0.25) is 5.82 Å². The predicted molar refractivity (Wildman–Crippen MR) is 117 cm³/mol. The van der Waals surface area contributed by atoms with Crippen molar-refractivity contribution >= 4 is 29.9 Å². The van der Waals surface area contributed by atoms with Gasteiger partial charge in [0.1, 0.15) is 12.4 Å². The molecule has 152 valence electrons. The molecule has 1 unspecified atom stereocenters. The van der Waals surface area contributed by atoms with Crippen molar-refractivity contribution in [1.29, 1.82) is 0 Å². The Kier molecular flexibility index (Phi) is 11.0. The molecule has 2 heterocycles. The number of rotatable bonds is 10. The van der Waals surface area contributed by atoms with E-state index in [2.05, 4.69) is 44.7 Å². The number of aromatic nitrogens is 3. The average molecular weight is 490 g/mol. The molecule has 0 amide bonds. The van der Waals surface area contributed by atoms with E-state index in [4.69, 9.17) is 4.42 Å². The number of aliphatic imine (C=N–C) groups is 1. The summed E-state index contributed by atoms with van der Waals surface area (Å²) >= 11 is 0. The van der Waals surface area contributed by atoms with Crippen molar-refractivity contribution in [3.8, 4) is 11.6 Å². The zero-order valence-corrected chi connectivity index (χ0v) is 18.6. The fourth-order valence-electron chi connectivity index (χ4n) is 2.77. The van der Waals surface area contributed by atoms with Gasteiger partial charge in [-0.3, -0.25) is 5.10 Å². The molecule has 8 nitrogen and oxygen atoms in total. The molecular formula is C18H31IN6O2. The van der Waals surface area contributed by atoms with Gasteiger partial charge in [-0.1, -0.05) is 13.8 Å². The van der Waals surface area contributed by atoms with Gasteiger partial charge in [-0.2, -0.15) is 0 Å². The molecule has 2 aromatic heterocycles. The second kappa shape index (κ2) is 12.7. The molecule has 2 aromatic rings. The number of aliphatic hydroxyl groups is 1. The van der Waals surface area contributed by atoms with Crippen LogP contribution in [0, 0.1) is 11.8 Å². The topological polar surface area (TPSA) is 111 Å². The number of nitrogens with one attached hydrogen (secondary N) is 3. The SMILES string of the molecule is CCNC(=NCc1nc(-c2ccco2)n[nH]1)NCC(CCO)CC(C)C.I. The lowest BCUT2D eigenvalue weighted by atomic mass is 9.94. The van der Waals surface area contributed by atoms with Gasteiger partial charge < -0.3 is 20.2 Å². The lowest BCUT2D eigenvalue weighted by Gasteiger charge is -2.20. The highest BCUT2D eigenvalue weighted by atomic mass is 127. The van der Waals surface area contributed by atoms with Crippen molar-refractivity contribution in [3.05, 3.63) is 24.2 Å². The minimum Gasteiger partial charge on any atom is -0.461 e. The fraction of sp³-hybridized carbons (Fsp3) is 0.611. The van der Waals surface area contributed by atoms with Crippen LogP contribution in [-0.2, 0) is 6.54 Å². The molecule has 0 aliphatic rings. The van der Waals surface area contributed by atoms with E-state index in [1.165, 1.54) is 0 Å². The molecule has 0 aliphatic heterocycles. The number of aliphatic hydroxyl groups excluding tert-OH is 1. The van der Waals surface area contributed by atoms with Crippen LogP contribution in [0.2, 0.25) is 0 Å². The lowest BCUT2D eigenvalue weighted by molar-refractivity contribution is 0.243. The minimum atomic E-state index is 0. The first kappa shape index (κ1) is 23.4. The predicted octanol–water partition coefficient (Wildman–Crippen LogP) is 2.78. The van der Waals surface area contributed by atoms with E-state index in [1.54, 1.807) is 12.3 Å². The van der Waals surface area contributed by atoms with Crippen LogP contribution in [0.3, 0.4) is 0 Å². The average Bonchev–Trinajstić information content (AvgIpc) is 3.28. The summed E-state index contributed by atoms with van der Waals surface area (Å²) in [4.78, 5) is 8.95. The summed E-state index contributed by atoms with van der Waals surface area (Å²) in [5.41, 5.74) is 0. The Labute approximate surface area is 177 Å². The highest BCUT2D eigenvalue weighted by molar-refractivity contribution is 14.0. The molecule has 9 heteroatoms. The number of halogens is 1. The molecule has 0 aliphatic carbocycles. The van der Waals surface area contributed by atoms with Crippen LogP contribution < -0.4 is 10.6 Å². The highest BCUT2D eigenvalue weighted by Gasteiger charge is 2.12. The quantitative estimate of drug-likeness (QED) is 0.232. The van der Waals surface area contributed by atoms with Crippen molar-refractivity contribution in [1.82, 2.24) is 25.8 Å². The first-order valence-electron chi connectivity index (χ1n) is 9.20. The zero-order valence-electron chi connectivity index (χ0n) is 16.2. The largest absolute Gasteiger partial charge is 0.461 e. The Morgan fingerprint density at radius 3 is 2.81 bits per heavy atom. The molecule has 0 saturated carbocycles. The van der Waals surface area contributed by atoms with Gasteiger partial charge >= 0.3 is 0 Å². The van der Waals surface area contributed by atoms with Crippen LogP contribution in [0.5, 0.6) is 0 Å². The Bertz CT molecular complexity index is 657. The van der Waals surface area contributed by atoms with Crippen molar-refractivity contribution in [3.63, 3.8) is 0 Å². The van der Waals surface area contributed by atoms with Gasteiger partial charge in [0.05, 0.1) is 6.26 Å². The van der Waals surface area contributed by atoms with E-state index in [9.17, 15) is 5.11 Å². The summed E-state index contributed by atoms with van der Waals surface area (Å²) in [5, 5.41) is 22.9. The van der Waals surface area contributed by atoms with E-state index in [0.29, 0.717) is 35.8 Å². The van der Waals surface area contributed by atoms with Gasteiger partial charge in [-0.05, 0) is 43.7 Å². The second-order valence-corrected chi connectivity index (χ2v) is 6.67. The maximum absolute atomic E-state index is 9.25. The van der Waals surface area contributed by atoms with E-state index in [-0.39, 0.29) is 30.6 Å². The second-order valence-electron chi connectivity index (χ2n) is 6.67. The Hall–Kier alpha value is -1.62. The Morgan fingerprint density at radius 1 is 1.37 bits per heavy atom. The third-order valence-corrected chi connectivity index (χ3v) is 3.90. The van der Waals surface area contributed by atoms with E-state index >= 15 is 0 Å². The van der Waals surface area contributed by atoms with E-state index in [0.717, 1.165) is 31.9 Å². The molecule has 1 atom stereocenters. The van der Waals surface area contributed by atoms with Crippen LogP contribution >= 0.6 is 24.0 Å². The van der Waals surface area contributed by atoms with Gasteiger partial charge in [0, 0.05) is 19.7 Å². The number of H-pyrrole nitrogens is 1. The molecular weight excluding hydrogens is 459 g/mol. The van der Waals surface area contributed by atoms with Crippen molar-refractivity contribution in [2.24, 2.45) is 16.8 Å². The number of aromatic amines is 1. The summed E-state index contributed by atoms with van der Waals surface area (Å²) in [5.74, 6) is 3.57. The van der Waals surface area contributed by atoms with Gasteiger partial charge in [0.25, 0.3) is 0 Å². The normalized spacial score (nSPS) is 12.7. The summed E-state index contributed by atoms with van der Waals surface area (Å²) in [6.45, 7) is 8.57. The summed E-state index contributed by atoms with van der Waals surface area (Å²) < 4.78 is 5.29. The number of hydrogen-bond donors (Lipinski definition) is 4. The molecule has 0 saturated heterocycles. The maximum Gasteiger partial charge on any atom is 0.216 e. The number of furan rings is 1. The monoisotopic (exact) mass is 490 g/mol. The highest BCUT2D eigenvalue weighted by Crippen LogP contribution is 2.15. The molecule has 0 aromatic carbocycles. The number of guanidine groups is 1. The van der Waals surface area contributed by atoms with Gasteiger partial charge in [-0.15, -0.1) is 29.1 Å². The van der Waals surface area contributed by atoms with Crippen LogP contribution in [0.15, 0.2) is 27.8 Å². The Morgan fingerprint density at radius 2 is 2.19 bits per heavy atom. The van der Waals surface area contributed by atoms with Crippen molar-refractivity contribution < 1.29 is 9.52 Å². The summed E-state index contributed by atoms with van der Waals surface area (Å²) in [6.07, 6.45) is 3.46. The number of hydrogen-bond acceptors (Lipinski definition) is 5.